The number of hydrogen-bond donors (Lipinski definition) is 0. The van der Waals surface area contributed by atoms with Gasteiger partial charge in [-0.25, -0.2) is 15.0 Å². The Morgan fingerprint density at radius 2 is 1.03 bits per heavy atom. The zero-order valence-electron chi connectivity index (χ0n) is 33.8. The second-order valence-electron chi connectivity index (χ2n) is 17.2. The first-order valence-corrected chi connectivity index (χ1v) is 21.0. The molecule has 0 N–H and O–H groups in total. The maximum absolute atomic E-state index is 6.76. The molecule has 60 heavy (non-hydrogen) atoms. The van der Waals surface area contributed by atoms with Crippen molar-refractivity contribution in [1.29, 1.82) is 0 Å². The quantitative estimate of drug-likeness (QED) is 0.179. The van der Waals surface area contributed by atoms with Crippen molar-refractivity contribution in [1.82, 2.24) is 15.0 Å². The SMILES string of the molecule is CC1C=CC2=C(C1)c1ccccc1C21c2ccccc2Oc2ccc(-c3cccc(-c4nc(-c5ccccc5)nc(-c5ccc6c(c5)C(C)(C)c5ccccc5-6)n4)c3)cc21. The monoisotopic (exact) mass is 771 g/mol. The minimum absolute atomic E-state index is 0.140. The first kappa shape index (κ1) is 34.8. The number of ether oxygens (including phenoxy) is 1. The highest BCUT2D eigenvalue weighted by atomic mass is 16.5. The summed E-state index contributed by atoms with van der Waals surface area (Å²) in [4.78, 5) is 15.5. The summed E-state index contributed by atoms with van der Waals surface area (Å²) < 4.78 is 6.76. The Morgan fingerprint density at radius 3 is 1.85 bits per heavy atom. The lowest BCUT2D eigenvalue weighted by Crippen LogP contribution is -2.33. The van der Waals surface area contributed by atoms with E-state index >= 15 is 0 Å². The van der Waals surface area contributed by atoms with Gasteiger partial charge >= 0.3 is 0 Å². The molecule has 286 valence electrons. The number of nitrogens with zero attached hydrogens (tertiary/aromatic N) is 3. The molecule has 1 spiro atoms. The third-order valence-corrected chi connectivity index (χ3v) is 13.4. The van der Waals surface area contributed by atoms with E-state index in [9.17, 15) is 0 Å². The second kappa shape index (κ2) is 12.9. The highest BCUT2D eigenvalue weighted by Crippen LogP contribution is 2.63. The van der Waals surface area contributed by atoms with E-state index < -0.39 is 5.41 Å². The summed E-state index contributed by atoms with van der Waals surface area (Å²) in [5.41, 5.74) is 17.4. The molecule has 2 heterocycles. The number of para-hydroxylation sites is 1. The molecule has 0 radical (unpaired) electrons. The fraction of sp³-hybridized carbons (Fsp3) is 0.125. The second-order valence-corrected chi connectivity index (χ2v) is 17.2. The van der Waals surface area contributed by atoms with Gasteiger partial charge in [-0.15, -0.1) is 0 Å². The van der Waals surface area contributed by atoms with Crippen molar-refractivity contribution < 1.29 is 4.74 Å². The average Bonchev–Trinajstić information content (AvgIpc) is 3.71. The van der Waals surface area contributed by atoms with E-state index in [1.165, 1.54) is 50.1 Å². The molecule has 4 nitrogen and oxygen atoms in total. The number of allylic oxidation sites excluding steroid dienone is 4. The summed E-state index contributed by atoms with van der Waals surface area (Å²) in [5, 5.41) is 0. The van der Waals surface area contributed by atoms with E-state index in [0.29, 0.717) is 23.4 Å². The van der Waals surface area contributed by atoms with Crippen molar-refractivity contribution in [2.45, 2.75) is 38.0 Å². The van der Waals surface area contributed by atoms with Crippen LogP contribution in [0.15, 0.2) is 182 Å². The summed E-state index contributed by atoms with van der Waals surface area (Å²) in [7, 11) is 0. The van der Waals surface area contributed by atoms with Crippen molar-refractivity contribution in [2.75, 3.05) is 0 Å². The van der Waals surface area contributed by atoms with Gasteiger partial charge in [0.15, 0.2) is 17.5 Å². The molecule has 1 aromatic heterocycles. The number of benzene rings is 7. The summed E-state index contributed by atoms with van der Waals surface area (Å²) >= 11 is 0. The van der Waals surface area contributed by atoms with E-state index in [2.05, 4.69) is 179 Å². The minimum atomic E-state index is -0.500. The maximum Gasteiger partial charge on any atom is 0.164 e. The Bertz CT molecular complexity index is 3160. The van der Waals surface area contributed by atoms with Crippen LogP contribution in [-0.4, -0.2) is 15.0 Å². The number of fused-ring (bicyclic) bond motifs is 11. The zero-order valence-corrected chi connectivity index (χ0v) is 33.8. The molecule has 1 aliphatic heterocycles. The van der Waals surface area contributed by atoms with Crippen LogP contribution >= 0.6 is 0 Å². The van der Waals surface area contributed by atoms with Crippen molar-refractivity contribution in [3.8, 4) is 67.9 Å². The lowest BCUT2D eigenvalue weighted by molar-refractivity contribution is 0.435. The molecule has 2 unspecified atom stereocenters. The minimum Gasteiger partial charge on any atom is -0.457 e. The summed E-state index contributed by atoms with van der Waals surface area (Å²) in [6.45, 7) is 6.93. The van der Waals surface area contributed by atoms with Crippen LogP contribution in [-0.2, 0) is 10.8 Å². The van der Waals surface area contributed by atoms with Crippen LogP contribution in [0.25, 0.3) is 62.0 Å². The molecule has 4 heteroatoms. The molecule has 0 saturated heterocycles. The van der Waals surface area contributed by atoms with Crippen LogP contribution in [0.2, 0.25) is 0 Å². The van der Waals surface area contributed by atoms with E-state index in [0.717, 1.165) is 51.3 Å². The molecule has 0 fully saturated rings. The van der Waals surface area contributed by atoms with Crippen molar-refractivity contribution >= 4 is 5.57 Å². The van der Waals surface area contributed by atoms with E-state index in [1.807, 2.05) is 18.2 Å². The van der Waals surface area contributed by atoms with Gasteiger partial charge in [0.05, 0.1) is 5.41 Å². The first-order valence-electron chi connectivity index (χ1n) is 21.0. The predicted octanol–water partition coefficient (Wildman–Crippen LogP) is 13.6. The maximum atomic E-state index is 6.76. The fourth-order valence-electron chi connectivity index (χ4n) is 10.5. The molecule has 0 amide bonds. The predicted molar refractivity (Wildman–Crippen MR) is 242 cm³/mol. The molecular formula is C56H41N3O. The van der Waals surface area contributed by atoms with Gasteiger partial charge in [-0.3, -0.25) is 0 Å². The van der Waals surface area contributed by atoms with Crippen LogP contribution < -0.4 is 4.74 Å². The average molecular weight is 772 g/mol. The lowest BCUT2D eigenvalue weighted by atomic mass is 9.64. The van der Waals surface area contributed by atoms with E-state index in [-0.39, 0.29) is 5.41 Å². The first-order chi connectivity index (χ1) is 29.4. The van der Waals surface area contributed by atoms with Gasteiger partial charge in [-0.1, -0.05) is 166 Å². The number of hydrogen-bond acceptors (Lipinski definition) is 4. The largest absolute Gasteiger partial charge is 0.457 e. The summed E-state index contributed by atoms with van der Waals surface area (Å²) in [5.74, 6) is 4.21. The van der Waals surface area contributed by atoms with Crippen molar-refractivity contribution in [2.24, 2.45) is 5.92 Å². The van der Waals surface area contributed by atoms with Crippen LogP contribution in [0.3, 0.4) is 0 Å². The molecule has 12 rings (SSSR count). The highest BCUT2D eigenvalue weighted by Gasteiger charge is 2.52. The molecular weight excluding hydrogens is 731 g/mol. The van der Waals surface area contributed by atoms with Gasteiger partial charge in [0.2, 0.25) is 0 Å². The van der Waals surface area contributed by atoms with Crippen LogP contribution in [0.1, 0.15) is 60.6 Å². The molecule has 0 bridgehead atoms. The van der Waals surface area contributed by atoms with Gasteiger partial charge in [0.25, 0.3) is 0 Å². The van der Waals surface area contributed by atoms with Crippen molar-refractivity contribution in [3.05, 3.63) is 215 Å². The normalized spacial score (nSPS) is 18.6. The van der Waals surface area contributed by atoms with Gasteiger partial charge < -0.3 is 4.74 Å². The van der Waals surface area contributed by atoms with Crippen molar-refractivity contribution in [3.63, 3.8) is 0 Å². The van der Waals surface area contributed by atoms with Crippen LogP contribution in [0.5, 0.6) is 11.5 Å². The number of rotatable bonds is 4. The fourth-order valence-corrected chi connectivity index (χ4v) is 10.5. The topological polar surface area (TPSA) is 47.9 Å². The molecule has 2 atom stereocenters. The molecule has 0 saturated carbocycles. The Hall–Kier alpha value is -7.17. The van der Waals surface area contributed by atoms with Gasteiger partial charge in [0.1, 0.15) is 11.5 Å². The third kappa shape index (κ3) is 5.00. The number of aromatic nitrogens is 3. The smallest absolute Gasteiger partial charge is 0.164 e. The Morgan fingerprint density at radius 1 is 0.467 bits per heavy atom. The standard InChI is InChI=1S/C56H41N3O/c1-34-24-28-46-43(30-34)41-19-8-10-21-45(41)56(46)47-22-11-12-23-50(47)60-51-29-26-37(32-49(51)56)36-16-13-17-38(31-36)53-57-52(35-14-5-4-6-15-35)58-54(59-53)39-25-27-42-40-18-7-9-20-44(40)55(2,3)48(42)33-39/h4-29,31-34H,30H2,1-3H3. The van der Waals surface area contributed by atoms with E-state index in [1.54, 1.807) is 0 Å². The summed E-state index contributed by atoms with van der Waals surface area (Å²) in [6.07, 6.45) is 5.79. The molecule has 3 aliphatic carbocycles. The molecule has 4 aliphatic rings. The Labute approximate surface area is 350 Å². The van der Waals surface area contributed by atoms with Crippen LogP contribution in [0.4, 0.5) is 0 Å². The Balaban J connectivity index is 1.01. The lowest BCUT2D eigenvalue weighted by Gasteiger charge is -2.40. The van der Waals surface area contributed by atoms with E-state index in [4.69, 9.17) is 19.7 Å². The summed E-state index contributed by atoms with van der Waals surface area (Å²) in [6, 6.07) is 58.6. The van der Waals surface area contributed by atoms with Gasteiger partial charge in [-0.05, 0) is 98.3 Å². The zero-order chi connectivity index (χ0) is 40.2. The molecule has 7 aromatic carbocycles. The van der Waals surface area contributed by atoms with Gasteiger partial charge in [-0.2, -0.15) is 0 Å². The third-order valence-electron chi connectivity index (χ3n) is 13.4. The highest BCUT2D eigenvalue weighted by molar-refractivity contribution is 5.91. The van der Waals surface area contributed by atoms with Crippen LogP contribution in [0, 0.1) is 5.92 Å². The van der Waals surface area contributed by atoms with Gasteiger partial charge in [0, 0.05) is 33.2 Å². The molecule has 8 aromatic rings. The Kier molecular flexibility index (Phi) is 7.50.